The molecule has 4 aromatic rings. The van der Waals surface area contributed by atoms with E-state index in [4.69, 9.17) is 4.74 Å². The van der Waals surface area contributed by atoms with Gasteiger partial charge >= 0.3 is 6.01 Å². The third-order valence-corrected chi connectivity index (χ3v) is 6.23. The number of aryl methyl sites for hydroxylation is 1. The largest absolute Gasteiger partial charge is 0.467 e. The van der Waals surface area contributed by atoms with Crippen LogP contribution in [-0.2, 0) is 0 Å². The highest BCUT2D eigenvalue weighted by Crippen LogP contribution is 2.31. The van der Waals surface area contributed by atoms with Crippen LogP contribution in [0, 0.1) is 6.92 Å². The zero-order chi connectivity index (χ0) is 24.7. The summed E-state index contributed by atoms with van der Waals surface area (Å²) in [5.41, 5.74) is 5.18. The third-order valence-electron chi connectivity index (χ3n) is 6.23. The van der Waals surface area contributed by atoms with E-state index in [9.17, 15) is 4.79 Å². The minimum Gasteiger partial charge on any atom is -0.467 e. The van der Waals surface area contributed by atoms with Gasteiger partial charge in [0.15, 0.2) is 5.65 Å². The number of carbonyl (C=O) groups excluding carboxylic acids is 1. The number of nitrogens with one attached hydrogen (secondary N) is 3. The van der Waals surface area contributed by atoms with Crippen molar-refractivity contribution < 1.29 is 9.53 Å². The molecular formula is C25H30N8O2. The van der Waals surface area contributed by atoms with Crippen LogP contribution >= 0.6 is 0 Å². The highest BCUT2D eigenvalue weighted by Gasteiger charge is 2.25. The van der Waals surface area contributed by atoms with Crippen molar-refractivity contribution in [2.45, 2.75) is 32.9 Å². The fraction of sp³-hybridized carbons (Fsp3) is 0.360. The van der Waals surface area contributed by atoms with Crippen molar-refractivity contribution in [1.82, 2.24) is 24.7 Å². The first kappa shape index (κ1) is 22.9. The summed E-state index contributed by atoms with van der Waals surface area (Å²) in [5.74, 6) is -0.261. The lowest BCUT2D eigenvalue weighted by atomic mass is 10.0. The fourth-order valence-corrected chi connectivity index (χ4v) is 4.84. The standard InChI is InChI=1S/C25H30N8O2/c1-14-10-32(11-15(2)28-14)21-7-6-18(22-19(21)9-27-25(31-22)35-5)24(34)30-17-8-20(26-4)23-29-16(3)12-33(23)13-17/h6-9,12-15,26,28H,10-11H2,1-5H3,(H,30,34). The van der Waals surface area contributed by atoms with Crippen molar-refractivity contribution in [3.63, 3.8) is 0 Å². The molecule has 10 nitrogen and oxygen atoms in total. The van der Waals surface area contributed by atoms with Crippen molar-refractivity contribution in [1.29, 1.82) is 0 Å². The maximum absolute atomic E-state index is 13.5. The van der Waals surface area contributed by atoms with E-state index < -0.39 is 0 Å². The number of hydrogen-bond donors (Lipinski definition) is 3. The number of ether oxygens (including phenoxy) is 1. The van der Waals surface area contributed by atoms with Gasteiger partial charge in [0.1, 0.15) is 0 Å². The Kier molecular flexibility index (Phi) is 5.89. The van der Waals surface area contributed by atoms with Crippen LogP contribution in [0.1, 0.15) is 29.9 Å². The van der Waals surface area contributed by atoms with E-state index in [1.807, 2.05) is 49.0 Å². The Labute approximate surface area is 203 Å². The summed E-state index contributed by atoms with van der Waals surface area (Å²) in [6.45, 7) is 7.99. The van der Waals surface area contributed by atoms with Gasteiger partial charge in [-0.1, -0.05) is 0 Å². The minimum atomic E-state index is -0.261. The van der Waals surface area contributed by atoms with Crippen molar-refractivity contribution in [3.05, 3.63) is 48.0 Å². The van der Waals surface area contributed by atoms with E-state index in [-0.39, 0.29) is 11.9 Å². The number of amides is 1. The summed E-state index contributed by atoms with van der Waals surface area (Å²) in [5, 5.41) is 10.5. The SMILES string of the molecule is CNc1cc(NC(=O)c2ccc(N3CC(C)NC(C)C3)c3cnc(OC)nc23)cn2cc(C)nc12. The zero-order valence-electron chi connectivity index (χ0n) is 20.6. The molecule has 0 saturated carbocycles. The summed E-state index contributed by atoms with van der Waals surface area (Å²) in [6, 6.07) is 6.60. The number of methoxy groups -OCH3 is 1. The summed E-state index contributed by atoms with van der Waals surface area (Å²) >= 11 is 0. The summed E-state index contributed by atoms with van der Waals surface area (Å²) < 4.78 is 7.18. The number of anilines is 3. The molecule has 182 valence electrons. The number of piperazine rings is 1. The first-order valence-electron chi connectivity index (χ1n) is 11.7. The van der Waals surface area contributed by atoms with E-state index in [1.165, 1.54) is 7.11 Å². The third kappa shape index (κ3) is 4.32. The average molecular weight is 475 g/mol. The number of imidazole rings is 1. The van der Waals surface area contributed by atoms with Gasteiger partial charge in [0.25, 0.3) is 5.91 Å². The van der Waals surface area contributed by atoms with Gasteiger partial charge in [-0.3, -0.25) is 4.79 Å². The number of benzene rings is 1. The van der Waals surface area contributed by atoms with E-state index in [0.717, 1.165) is 41.2 Å². The van der Waals surface area contributed by atoms with Crippen LogP contribution in [0.2, 0.25) is 0 Å². The van der Waals surface area contributed by atoms with E-state index in [1.54, 1.807) is 6.20 Å². The molecule has 35 heavy (non-hydrogen) atoms. The smallest absolute Gasteiger partial charge is 0.316 e. The van der Waals surface area contributed by atoms with Crippen LogP contribution in [0.3, 0.4) is 0 Å². The number of rotatable bonds is 5. The molecule has 0 spiro atoms. The molecule has 1 saturated heterocycles. The Balaban J connectivity index is 1.55. The molecule has 4 heterocycles. The second-order valence-electron chi connectivity index (χ2n) is 9.08. The lowest BCUT2D eigenvalue weighted by Gasteiger charge is -2.38. The van der Waals surface area contributed by atoms with Gasteiger partial charge in [0, 0.05) is 61.9 Å². The topological polar surface area (TPSA) is 109 Å². The van der Waals surface area contributed by atoms with Gasteiger partial charge in [0.2, 0.25) is 0 Å². The van der Waals surface area contributed by atoms with Crippen LogP contribution in [-0.4, -0.2) is 64.6 Å². The Morgan fingerprint density at radius 2 is 1.94 bits per heavy atom. The highest BCUT2D eigenvalue weighted by molar-refractivity contribution is 6.14. The molecule has 1 aromatic carbocycles. The molecule has 2 unspecified atom stereocenters. The molecule has 5 rings (SSSR count). The highest BCUT2D eigenvalue weighted by atomic mass is 16.5. The monoisotopic (exact) mass is 474 g/mol. The lowest BCUT2D eigenvalue weighted by molar-refractivity contribution is 0.102. The van der Waals surface area contributed by atoms with Gasteiger partial charge < -0.3 is 30.0 Å². The minimum absolute atomic E-state index is 0.221. The first-order valence-corrected chi connectivity index (χ1v) is 11.7. The van der Waals surface area contributed by atoms with E-state index in [2.05, 4.69) is 49.6 Å². The summed E-state index contributed by atoms with van der Waals surface area (Å²) in [6.07, 6.45) is 5.51. The molecule has 1 aliphatic rings. The van der Waals surface area contributed by atoms with Crippen molar-refractivity contribution >= 4 is 39.5 Å². The molecule has 1 fully saturated rings. The molecule has 2 atom stereocenters. The molecule has 3 N–H and O–H groups in total. The number of carbonyl (C=O) groups is 1. The Morgan fingerprint density at radius 3 is 2.66 bits per heavy atom. The molecule has 0 aliphatic carbocycles. The number of aromatic nitrogens is 4. The van der Waals surface area contributed by atoms with Gasteiger partial charge in [-0.15, -0.1) is 0 Å². The molecule has 0 radical (unpaired) electrons. The number of nitrogens with zero attached hydrogens (tertiary/aromatic N) is 5. The maximum atomic E-state index is 13.5. The Hall–Kier alpha value is -3.92. The average Bonchev–Trinajstić information content (AvgIpc) is 3.21. The van der Waals surface area contributed by atoms with Crippen molar-refractivity contribution in [2.24, 2.45) is 0 Å². The van der Waals surface area contributed by atoms with Crippen LogP contribution in [0.25, 0.3) is 16.6 Å². The number of hydrogen-bond acceptors (Lipinski definition) is 8. The Morgan fingerprint density at radius 1 is 1.17 bits per heavy atom. The molecule has 10 heteroatoms. The first-order chi connectivity index (χ1) is 16.9. The second kappa shape index (κ2) is 9.03. The zero-order valence-corrected chi connectivity index (χ0v) is 20.6. The van der Waals surface area contributed by atoms with Crippen LogP contribution in [0.15, 0.2) is 36.8 Å². The van der Waals surface area contributed by atoms with E-state index in [0.29, 0.717) is 28.9 Å². The fourth-order valence-electron chi connectivity index (χ4n) is 4.84. The molecule has 0 bridgehead atoms. The molecule has 1 amide bonds. The van der Waals surface area contributed by atoms with Crippen molar-refractivity contribution in [2.75, 3.05) is 42.8 Å². The Bertz CT molecular complexity index is 1410. The summed E-state index contributed by atoms with van der Waals surface area (Å²) in [7, 11) is 3.35. The number of fused-ring (bicyclic) bond motifs is 2. The van der Waals surface area contributed by atoms with Gasteiger partial charge in [0.05, 0.1) is 35.3 Å². The number of pyridine rings is 1. The quantitative estimate of drug-likeness (QED) is 0.405. The van der Waals surface area contributed by atoms with Crippen LogP contribution < -0.4 is 25.6 Å². The van der Waals surface area contributed by atoms with Crippen molar-refractivity contribution in [3.8, 4) is 6.01 Å². The van der Waals surface area contributed by atoms with Gasteiger partial charge in [-0.2, -0.15) is 4.98 Å². The maximum Gasteiger partial charge on any atom is 0.316 e. The van der Waals surface area contributed by atoms with Gasteiger partial charge in [-0.25, -0.2) is 9.97 Å². The molecule has 3 aromatic heterocycles. The summed E-state index contributed by atoms with van der Waals surface area (Å²) in [4.78, 5) is 29.2. The van der Waals surface area contributed by atoms with E-state index >= 15 is 0 Å². The predicted octanol–water partition coefficient (Wildman–Crippen LogP) is 3.08. The van der Waals surface area contributed by atoms with Gasteiger partial charge in [-0.05, 0) is 39.0 Å². The molecular weight excluding hydrogens is 444 g/mol. The van der Waals surface area contributed by atoms with Crippen LogP contribution in [0.4, 0.5) is 17.1 Å². The predicted molar refractivity (Wildman–Crippen MR) is 138 cm³/mol. The normalized spacial score (nSPS) is 18.1. The second-order valence-corrected chi connectivity index (χ2v) is 9.08. The lowest BCUT2D eigenvalue weighted by Crippen LogP contribution is -2.54. The molecule has 1 aliphatic heterocycles. The van der Waals surface area contributed by atoms with Crippen LogP contribution in [0.5, 0.6) is 6.01 Å².